The zero-order chi connectivity index (χ0) is 14.7. The van der Waals surface area contributed by atoms with Crippen molar-refractivity contribution in [3.05, 3.63) is 64.2 Å². The minimum atomic E-state index is -0.0145. The third kappa shape index (κ3) is 3.40. The first-order valence-electron chi connectivity index (χ1n) is 6.65. The molecule has 0 saturated carbocycles. The van der Waals surface area contributed by atoms with Gasteiger partial charge in [0.1, 0.15) is 0 Å². The van der Waals surface area contributed by atoms with Gasteiger partial charge in [-0.05, 0) is 45.0 Å². The lowest BCUT2D eigenvalue weighted by atomic mass is 10.00. The van der Waals surface area contributed by atoms with Crippen molar-refractivity contribution in [2.24, 2.45) is 0 Å². The summed E-state index contributed by atoms with van der Waals surface area (Å²) in [5.41, 5.74) is 3.17. The summed E-state index contributed by atoms with van der Waals surface area (Å²) in [6.07, 6.45) is 0. The molecule has 0 atom stereocenters. The zero-order valence-electron chi connectivity index (χ0n) is 11.9. The molecule has 0 amide bonds. The second-order valence-corrected chi connectivity index (χ2v) is 5.62. The smallest absolute Gasteiger partial charge is 0.195 e. The first-order chi connectivity index (χ1) is 9.47. The zero-order valence-corrected chi connectivity index (χ0v) is 12.7. The first-order valence-corrected chi connectivity index (χ1v) is 7.02. The molecular formula is C17H18ClNO. The molecule has 0 aliphatic carbocycles. The maximum absolute atomic E-state index is 12.7. The third-order valence-electron chi connectivity index (χ3n) is 2.95. The van der Waals surface area contributed by atoms with Crippen molar-refractivity contribution in [1.29, 1.82) is 0 Å². The highest BCUT2D eigenvalue weighted by Crippen LogP contribution is 2.24. The fourth-order valence-corrected chi connectivity index (χ4v) is 2.26. The fourth-order valence-electron chi connectivity index (χ4n) is 2.08. The van der Waals surface area contributed by atoms with E-state index in [4.69, 9.17) is 11.6 Å². The number of anilines is 1. The second kappa shape index (κ2) is 6.10. The largest absolute Gasteiger partial charge is 0.382 e. The lowest BCUT2D eigenvalue weighted by molar-refractivity contribution is 0.103. The van der Waals surface area contributed by atoms with Crippen LogP contribution in [0.5, 0.6) is 0 Å². The Bertz CT molecular complexity index is 635. The van der Waals surface area contributed by atoms with Crippen molar-refractivity contribution in [1.82, 2.24) is 0 Å². The van der Waals surface area contributed by atoms with Crippen LogP contribution in [0.25, 0.3) is 0 Å². The highest BCUT2D eigenvalue weighted by molar-refractivity contribution is 6.31. The minimum Gasteiger partial charge on any atom is -0.382 e. The Balaban J connectivity index is 2.45. The van der Waals surface area contributed by atoms with Crippen molar-refractivity contribution >= 4 is 23.1 Å². The van der Waals surface area contributed by atoms with E-state index < -0.39 is 0 Å². The van der Waals surface area contributed by atoms with Crippen LogP contribution in [0.15, 0.2) is 42.5 Å². The average molecular weight is 288 g/mol. The molecule has 0 fully saturated rings. The Hall–Kier alpha value is -1.80. The number of nitrogens with one attached hydrogen (secondary N) is 1. The second-order valence-electron chi connectivity index (χ2n) is 5.19. The Labute approximate surface area is 124 Å². The van der Waals surface area contributed by atoms with E-state index >= 15 is 0 Å². The number of benzene rings is 2. The van der Waals surface area contributed by atoms with Gasteiger partial charge in [-0.15, -0.1) is 0 Å². The molecule has 104 valence electrons. The van der Waals surface area contributed by atoms with Crippen LogP contribution in [0.3, 0.4) is 0 Å². The van der Waals surface area contributed by atoms with Gasteiger partial charge in [-0.1, -0.05) is 35.4 Å². The standard InChI is InChI=1S/C17H18ClNO/c1-11(2)19-16-8-7-14(18)10-15(16)17(20)13-6-4-5-12(3)9-13/h4-11,19H,1-3H3. The molecule has 2 aromatic carbocycles. The summed E-state index contributed by atoms with van der Waals surface area (Å²) in [6, 6.07) is 13.2. The molecule has 0 unspecified atom stereocenters. The van der Waals surface area contributed by atoms with Gasteiger partial charge >= 0.3 is 0 Å². The fraction of sp³-hybridized carbons (Fsp3) is 0.235. The number of aryl methyl sites for hydroxylation is 1. The van der Waals surface area contributed by atoms with E-state index in [9.17, 15) is 4.79 Å². The van der Waals surface area contributed by atoms with Crippen LogP contribution in [0, 0.1) is 6.92 Å². The summed E-state index contributed by atoms with van der Waals surface area (Å²) >= 11 is 6.04. The lowest BCUT2D eigenvalue weighted by Gasteiger charge is -2.14. The van der Waals surface area contributed by atoms with E-state index in [1.54, 1.807) is 12.1 Å². The minimum absolute atomic E-state index is 0.0145. The van der Waals surface area contributed by atoms with Crippen LogP contribution < -0.4 is 5.32 Å². The Kier molecular flexibility index (Phi) is 4.46. The molecule has 0 aliphatic rings. The first kappa shape index (κ1) is 14.6. The quantitative estimate of drug-likeness (QED) is 0.826. The molecular weight excluding hydrogens is 270 g/mol. The van der Waals surface area contributed by atoms with E-state index in [1.165, 1.54) is 0 Å². The van der Waals surface area contributed by atoms with Gasteiger partial charge in [0.2, 0.25) is 0 Å². The van der Waals surface area contributed by atoms with Crippen LogP contribution in [-0.2, 0) is 0 Å². The number of rotatable bonds is 4. The Morgan fingerprint density at radius 1 is 1.15 bits per heavy atom. The summed E-state index contributed by atoms with van der Waals surface area (Å²) in [4.78, 5) is 12.7. The monoisotopic (exact) mass is 287 g/mol. The number of halogens is 1. The van der Waals surface area contributed by atoms with Gasteiger partial charge in [0, 0.05) is 27.9 Å². The Morgan fingerprint density at radius 2 is 1.90 bits per heavy atom. The molecule has 0 heterocycles. The van der Waals surface area contributed by atoms with Crippen LogP contribution in [0.2, 0.25) is 5.02 Å². The van der Waals surface area contributed by atoms with Crippen molar-refractivity contribution in [2.45, 2.75) is 26.8 Å². The molecule has 0 radical (unpaired) electrons. The molecule has 0 spiro atoms. The lowest BCUT2D eigenvalue weighted by Crippen LogP contribution is -2.14. The molecule has 1 N–H and O–H groups in total. The van der Waals surface area contributed by atoms with E-state index in [2.05, 4.69) is 5.32 Å². The number of carbonyl (C=O) groups excluding carboxylic acids is 1. The highest BCUT2D eigenvalue weighted by atomic mass is 35.5. The van der Waals surface area contributed by atoms with Crippen LogP contribution in [0.4, 0.5) is 5.69 Å². The SMILES string of the molecule is Cc1cccc(C(=O)c2cc(Cl)ccc2NC(C)C)c1. The van der Waals surface area contributed by atoms with Gasteiger partial charge in [0.05, 0.1) is 0 Å². The van der Waals surface area contributed by atoms with Gasteiger partial charge in [0.15, 0.2) is 5.78 Å². The van der Waals surface area contributed by atoms with Gasteiger partial charge in [-0.2, -0.15) is 0 Å². The van der Waals surface area contributed by atoms with Gasteiger partial charge in [-0.3, -0.25) is 4.79 Å². The van der Waals surface area contributed by atoms with E-state index in [0.29, 0.717) is 16.1 Å². The van der Waals surface area contributed by atoms with Gasteiger partial charge in [0.25, 0.3) is 0 Å². The Morgan fingerprint density at radius 3 is 2.55 bits per heavy atom. The van der Waals surface area contributed by atoms with Crippen LogP contribution in [-0.4, -0.2) is 11.8 Å². The van der Waals surface area contributed by atoms with E-state index in [1.807, 2.05) is 51.1 Å². The molecule has 2 aromatic rings. The van der Waals surface area contributed by atoms with E-state index in [0.717, 1.165) is 11.3 Å². The molecule has 0 saturated heterocycles. The van der Waals surface area contributed by atoms with Crippen molar-refractivity contribution in [3.8, 4) is 0 Å². The summed E-state index contributed by atoms with van der Waals surface area (Å²) in [5, 5.41) is 3.85. The number of hydrogen-bond donors (Lipinski definition) is 1. The molecule has 0 aliphatic heterocycles. The molecule has 2 rings (SSSR count). The molecule has 0 aromatic heterocycles. The molecule has 0 bridgehead atoms. The summed E-state index contributed by atoms with van der Waals surface area (Å²) in [6.45, 7) is 6.05. The topological polar surface area (TPSA) is 29.1 Å². The highest BCUT2D eigenvalue weighted by Gasteiger charge is 2.15. The predicted octanol–water partition coefficient (Wildman–Crippen LogP) is 4.70. The third-order valence-corrected chi connectivity index (χ3v) is 3.19. The van der Waals surface area contributed by atoms with Gasteiger partial charge in [-0.25, -0.2) is 0 Å². The number of carbonyl (C=O) groups is 1. The predicted molar refractivity (Wildman–Crippen MR) is 84.8 cm³/mol. The summed E-state index contributed by atoms with van der Waals surface area (Å²) in [7, 11) is 0. The number of hydrogen-bond acceptors (Lipinski definition) is 2. The van der Waals surface area contributed by atoms with Crippen molar-refractivity contribution < 1.29 is 4.79 Å². The number of ketones is 1. The average Bonchev–Trinajstić information content (AvgIpc) is 2.39. The maximum Gasteiger partial charge on any atom is 0.195 e. The van der Waals surface area contributed by atoms with Crippen LogP contribution >= 0.6 is 11.6 Å². The summed E-state index contributed by atoms with van der Waals surface area (Å²) < 4.78 is 0. The van der Waals surface area contributed by atoms with Gasteiger partial charge < -0.3 is 5.32 Å². The van der Waals surface area contributed by atoms with E-state index in [-0.39, 0.29) is 11.8 Å². The molecule has 20 heavy (non-hydrogen) atoms. The molecule has 2 nitrogen and oxygen atoms in total. The maximum atomic E-state index is 12.7. The normalized spacial score (nSPS) is 10.7. The molecule has 3 heteroatoms. The van der Waals surface area contributed by atoms with Crippen molar-refractivity contribution in [3.63, 3.8) is 0 Å². The van der Waals surface area contributed by atoms with Crippen LogP contribution in [0.1, 0.15) is 35.3 Å². The summed E-state index contributed by atoms with van der Waals surface area (Å²) in [5.74, 6) is -0.0145. The van der Waals surface area contributed by atoms with Crippen molar-refractivity contribution in [2.75, 3.05) is 5.32 Å².